The van der Waals surface area contributed by atoms with Crippen LogP contribution in [0.5, 0.6) is 0 Å². The summed E-state index contributed by atoms with van der Waals surface area (Å²) in [6.07, 6.45) is 1.59. The first kappa shape index (κ1) is 16.6. The van der Waals surface area contributed by atoms with Crippen LogP contribution in [0.15, 0.2) is 28.9 Å². The molecule has 0 aliphatic carbocycles. The predicted octanol–water partition coefficient (Wildman–Crippen LogP) is 4.20. The first-order chi connectivity index (χ1) is 11.4. The fourth-order valence-corrected chi connectivity index (χ4v) is 3.22. The van der Waals surface area contributed by atoms with E-state index in [2.05, 4.69) is 36.2 Å². The smallest absolute Gasteiger partial charge is 0.222 e. The van der Waals surface area contributed by atoms with E-state index in [0.29, 0.717) is 26.9 Å². The standard InChI is InChI=1S/C16H12BrClN4O2/c1-7(23)10-6-11(18)21-16-13(17)14(22-15(10)16)9-3-4-19-12(5-9)20-8(2)24/h3-6,22H,1-2H3,(H,19,20,24). The van der Waals surface area contributed by atoms with E-state index >= 15 is 0 Å². The van der Waals surface area contributed by atoms with E-state index in [-0.39, 0.29) is 16.8 Å². The lowest BCUT2D eigenvalue weighted by atomic mass is 10.1. The largest absolute Gasteiger partial charge is 0.352 e. The summed E-state index contributed by atoms with van der Waals surface area (Å²) in [6.45, 7) is 2.89. The molecule has 122 valence electrons. The quantitative estimate of drug-likeness (QED) is 0.503. The van der Waals surface area contributed by atoms with Crippen molar-refractivity contribution in [2.24, 2.45) is 0 Å². The fourth-order valence-electron chi connectivity index (χ4n) is 2.41. The van der Waals surface area contributed by atoms with E-state index in [0.717, 1.165) is 11.3 Å². The number of carbonyl (C=O) groups is 2. The topological polar surface area (TPSA) is 87.7 Å². The van der Waals surface area contributed by atoms with Gasteiger partial charge in [0.1, 0.15) is 16.5 Å². The Kier molecular flexibility index (Phi) is 4.38. The van der Waals surface area contributed by atoms with Gasteiger partial charge in [-0.25, -0.2) is 9.97 Å². The molecule has 0 aromatic carbocycles. The maximum atomic E-state index is 11.9. The second-order valence-electron chi connectivity index (χ2n) is 5.20. The second kappa shape index (κ2) is 6.33. The molecule has 8 heteroatoms. The number of hydrogen-bond acceptors (Lipinski definition) is 4. The van der Waals surface area contributed by atoms with Crippen LogP contribution < -0.4 is 5.32 Å². The van der Waals surface area contributed by atoms with Gasteiger partial charge in [0, 0.05) is 24.2 Å². The molecule has 0 fully saturated rings. The van der Waals surface area contributed by atoms with Gasteiger partial charge < -0.3 is 10.3 Å². The Morgan fingerprint density at radius 1 is 1.29 bits per heavy atom. The predicted molar refractivity (Wildman–Crippen MR) is 96.3 cm³/mol. The summed E-state index contributed by atoms with van der Waals surface area (Å²) >= 11 is 9.53. The Balaban J connectivity index is 2.21. The number of H-pyrrole nitrogens is 1. The third kappa shape index (κ3) is 3.05. The summed E-state index contributed by atoms with van der Waals surface area (Å²) in [6, 6.07) is 5.05. The Labute approximate surface area is 150 Å². The van der Waals surface area contributed by atoms with Crippen LogP contribution in [0, 0.1) is 0 Å². The van der Waals surface area contributed by atoms with Crippen LogP contribution in [0.25, 0.3) is 22.3 Å². The number of rotatable bonds is 3. The van der Waals surface area contributed by atoms with Crippen molar-refractivity contribution in [2.75, 3.05) is 5.32 Å². The molecule has 0 radical (unpaired) electrons. The van der Waals surface area contributed by atoms with E-state index in [1.807, 2.05) is 0 Å². The number of amides is 1. The highest BCUT2D eigenvalue weighted by Crippen LogP contribution is 2.36. The SMILES string of the molecule is CC(=O)Nc1cc(-c2[nH]c3c(C(C)=O)cc(Cl)nc3c2Br)ccn1. The number of pyridine rings is 2. The monoisotopic (exact) mass is 406 g/mol. The molecule has 24 heavy (non-hydrogen) atoms. The molecule has 3 aromatic heterocycles. The van der Waals surface area contributed by atoms with Gasteiger partial charge in [-0.05, 0) is 41.1 Å². The lowest BCUT2D eigenvalue weighted by Gasteiger charge is -2.04. The van der Waals surface area contributed by atoms with Gasteiger partial charge in [0.25, 0.3) is 0 Å². The van der Waals surface area contributed by atoms with Crippen LogP contribution in [0.2, 0.25) is 5.15 Å². The molecule has 0 atom stereocenters. The van der Waals surface area contributed by atoms with Crippen molar-refractivity contribution < 1.29 is 9.59 Å². The molecule has 0 unspecified atom stereocenters. The number of halogens is 2. The average Bonchev–Trinajstić information content (AvgIpc) is 2.83. The highest BCUT2D eigenvalue weighted by molar-refractivity contribution is 9.10. The number of anilines is 1. The van der Waals surface area contributed by atoms with E-state index < -0.39 is 0 Å². The minimum atomic E-state index is -0.206. The summed E-state index contributed by atoms with van der Waals surface area (Å²) in [4.78, 5) is 34.7. The van der Waals surface area contributed by atoms with E-state index in [1.165, 1.54) is 19.9 Å². The highest BCUT2D eigenvalue weighted by Gasteiger charge is 2.18. The molecule has 1 amide bonds. The Morgan fingerprint density at radius 3 is 2.71 bits per heavy atom. The minimum absolute atomic E-state index is 0.113. The molecule has 6 nitrogen and oxygen atoms in total. The molecule has 0 aliphatic heterocycles. The maximum absolute atomic E-state index is 11.9. The Morgan fingerprint density at radius 2 is 2.04 bits per heavy atom. The average molecular weight is 408 g/mol. The van der Waals surface area contributed by atoms with Gasteiger partial charge in [-0.15, -0.1) is 0 Å². The minimum Gasteiger partial charge on any atom is -0.352 e. The molecule has 0 bridgehead atoms. The zero-order chi connectivity index (χ0) is 17.4. The summed E-state index contributed by atoms with van der Waals surface area (Å²) in [5, 5.41) is 2.88. The number of carbonyl (C=O) groups excluding carboxylic acids is 2. The fraction of sp³-hybridized carbons (Fsp3) is 0.125. The van der Waals surface area contributed by atoms with Gasteiger partial charge in [0.2, 0.25) is 5.91 Å². The van der Waals surface area contributed by atoms with Crippen LogP contribution in [-0.4, -0.2) is 26.6 Å². The zero-order valence-electron chi connectivity index (χ0n) is 12.8. The molecular weight excluding hydrogens is 396 g/mol. The number of nitrogens with one attached hydrogen (secondary N) is 2. The Bertz CT molecular complexity index is 984. The van der Waals surface area contributed by atoms with Gasteiger partial charge >= 0.3 is 0 Å². The summed E-state index contributed by atoms with van der Waals surface area (Å²) in [7, 11) is 0. The number of aromatic amines is 1. The van der Waals surface area contributed by atoms with Crippen LogP contribution in [0.3, 0.4) is 0 Å². The highest BCUT2D eigenvalue weighted by atomic mass is 79.9. The summed E-state index contributed by atoms with van der Waals surface area (Å²) < 4.78 is 0.683. The van der Waals surface area contributed by atoms with Gasteiger partial charge in [-0.1, -0.05) is 11.6 Å². The van der Waals surface area contributed by atoms with Gasteiger partial charge in [0.15, 0.2) is 5.78 Å². The lowest BCUT2D eigenvalue weighted by Crippen LogP contribution is -2.07. The number of Topliss-reactive ketones (excluding diaryl/α,β-unsaturated/α-hetero) is 1. The third-order valence-electron chi connectivity index (χ3n) is 3.40. The van der Waals surface area contributed by atoms with Crippen LogP contribution in [0.1, 0.15) is 24.2 Å². The van der Waals surface area contributed by atoms with Gasteiger partial charge in [-0.2, -0.15) is 0 Å². The molecule has 0 aliphatic rings. The zero-order valence-corrected chi connectivity index (χ0v) is 15.1. The van der Waals surface area contributed by atoms with Crippen LogP contribution in [-0.2, 0) is 4.79 Å². The molecule has 0 saturated carbocycles. The van der Waals surface area contributed by atoms with E-state index in [9.17, 15) is 9.59 Å². The van der Waals surface area contributed by atoms with Crippen molar-refractivity contribution in [1.82, 2.24) is 15.0 Å². The molecule has 3 aromatic rings. The lowest BCUT2D eigenvalue weighted by molar-refractivity contribution is -0.114. The first-order valence-electron chi connectivity index (χ1n) is 6.99. The maximum Gasteiger partial charge on any atom is 0.222 e. The molecule has 2 N–H and O–H groups in total. The summed E-state index contributed by atoms with van der Waals surface area (Å²) in [5.74, 6) is 0.115. The number of fused-ring (bicyclic) bond motifs is 1. The number of aromatic nitrogens is 3. The van der Waals surface area contributed by atoms with Gasteiger partial charge in [0.05, 0.1) is 15.7 Å². The summed E-state index contributed by atoms with van der Waals surface area (Å²) in [5.41, 5.74) is 3.14. The normalized spacial score (nSPS) is 10.8. The second-order valence-corrected chi connectivity index (χ2v) is 6.38. The molecular formula is C16H12BrClN4O2. The third-order valence-corrected chi connectivity index (χ3v) is 4.36. The molecule has 3 rings (SSSR count). The van der Waals surface area contributed by atoms with Crippen LogP contribution >= 0.6 is 27.5 Å². The first-order valence-corrected chi connectivity index (χ1v) is 8.16. The molecule has 0 spiro atoms. The molecule has 0 saturated heterocycles. The Hall–Kier alpha value is -2.25. The van der Waals surface area contributed by atoms with Crippen molar-refractivity contribution in [3.8, 4) is 11.3 Å². The molecule has 3 heterocycles. The van der Waals surface area contributed by atoms with Crippen molar-refractivity contribution in [2.45, 2.75) is 13.8 Å². The van der Waals surface area contributed by atoms with Gasteiger partial charge in [-0.3, -0.25) is 9.59 Å². The number of ketones is 1. The van der Waals surface area contributed by atoms with E-state index in [4.69, 9.17) is 11.6 Å². The van der Waals surface area contributed by atoms with Crippen LogP contribution in [0.4, 0.5) is 5.82 Å². The van der Waals surface area contributed by atoms with E-state index in [1.54, 1.807) is 18.3 Å². The number of nitrogens with zero attached hydrogens (tertiary/aromatic N) is 2. The van der Waals surface area contributed by atoms with Crippen molar-refractivity contribution >= 4 is 56.1 Å². The number of hydrogen-bond donors (Lipinski definition) is 2. The van der Waals surface area contributed by atoms with Crippen molar-refractivity contribution in [1.29, 1.82) is 0 Å². The van der Waals surface area contributed by atoms with Crippen molar-refractivity contribution in [3.63, 3.8) is 0 Å². The van der Waals surface area contributed by atoms with Crippen molar-refractivity contribution in [3.05, 3.63) is 39.6 Å².